The molecule has 0 saturated carbocycles. The fourth-order valence-electron chi connectivity index (χ4n) is 3.17. The lowest BCUT2D eigenvalue weighted by Gasteiger charge is -2.30. The van der Waals surface area contributed by atoms with Gasteiger partial charge in [-0.05, 0) is 37.6 Å². The summed E-state index contributed by atoms with van der Waals surface area (Å²) in [4.78, 5) is 16.8. The van der Waals surface area contributed by atoms with Gasteiger partial charge in [0.25, 0.3) is 0 Å². The lowest BCUT2D eigenvalue weighted by atomic mass is 9.72. The van der Waals surface area contributed by atoms with Crippen LogP contribution < -0.4 is 0 Å². The first kappa shape index (κ1) is 12.9. The van der Waals surface area contributed by atoms with Crippen LogP contribution in [0.4, 0.5) is 0 Å². The molecule has 0 saturated heterocycles. The van der Waals surface area contributed by atoms with E-state index in [0.717, 1.165) is 0 Å². The number of furan rings is 1. The molecule has 2 aromatic heterocycles. The third-order valence-electron chi connectivity index (χ3n) is 4.29. The van der Waals surface area contributed by atoms with Crippen molar-refractivity contribution < 1.29 is 19.4 Å². The second-order valence-corrected chi connectivity index (χ2v) is 6.03. The molecule has 5 heteroatoms. The molecule has 0 atom stereocenters. The zero-order valence-corrected chi connectivity index (χ0v) is 12.0. The summed E-state index contributed by atoms with van der Waals surface area (Å²) in [7, 11) is 0. The number of carbonyl (C=O) groups is 1. The van der Waals surface area contributed by atoms with Crippen LogP contribution in [0.25, 0.3) is 11.0 Å². The predicted octanol–water partition coefficient (Wildman–Crippen LogP) is 3.11. The Kier molecular flexibility index (Phi) is 2.27. The van der Waals surface area contributed by atoms with Gasteiger partial charge >= 0.3 is 0 Å². The summed E-state index contributed by atoms with van der Waals surface area (Å²) in [6, 6.07) is 4.70. The van der Waals surface area contributed by atoms with Crippen LogP contribution in [-0.2, 0) is 5.41 Å². The molecule has 0 spiro atoms. The molecular formula is C17H13NO4. The van der Waals surface area contributed by atoms with Crippen molar-refractivity contribution in [3.05, 3.63) is 53.0 Å². The number of hydrogen-bond acceptors (Lipinski definition) is 5. The van der Waals surface area contributed by atoms with Crippen LogP contribution in [0, 0.1) is 0 Å². The highest BCUT2D eigenvalue weighted by molar-refractivity contribution is 6.19. The Morgan fingerprint density at radius 3 is 2.73 bits per heavy atom. The molecule has 0 unspecified atom stereocenters. The van der Waals surface area contributed by atoms with E-state index in [2.05, 4.69) is 4.98 Å². The van der Waals surface area contributed by atoms with Crippen LogP contribution in [0.3, 0.4) is 0 Å². The normalized spacial score (nSPS) is 15.6. The van der Waals surface area contributed by atoms with E-state index in [1.807, 2.05) is 13.8 Å². The van der Waals surface area contributed by atoms with Crippen LogP contribution in [0.5, 0.6) is 11.5 Å². The second kappa shape index (κ2) is 3.88. The Hall–Kier alpha value is -2.82. The van der Waals surface area contributed by atoms with E-state index in [9.17, 15) is 15.0 Å². The van der Waals surface area contributed by atoms with Gasteiger partial charge in [0.15, 0.2) is 17.1 Å². The van der Waals surface area contributed by atoms with Crippen molar-refractivity contribution >= 4 is 16.8 Å². The Bertz CT molecular complexity index is 953. The molecule has 2 heterocycles. The van der Waals surface area contributed by atoms with E-state index in [4.69, 9.17) is 4.42 Å². The van der Waals surface area contributed by atoms with Crippen molar-refractivity contribution in [3.8, 4) is 11.5 Å². The number of ketones is 1. The second-order valence-electron chi connectivity index (χ2n) is 6.03. The first-order chi connectivity index (χ1) is 10.4. The van der Waals surface area contributed by atoms with Crippen LogP contribution in [0.15, 0.2) is 35.0 Å². The highest BCUT2D eigenvalue weighted by Crippen LogP contribution is 2.47. The highest BCUT2D eigenvalue weighted by atomic mass is 16.4. The topological polar surface area (TPSA) is 83.6 Å². The standard InChI is InChI=1S/C17H13NO4/c1-17(2)11-5-8(19)3-4-9(11)14(21)13-10-6-18-7-12(20)15(10)22-16(13)17/h3-7,19-20H,1-2H3. The minimum atomic E-state index is -0.608. The Morgan fingerprint density at radius 2 is 1.95 bits per heavy atom. The van der Waals surface area contributed by atoms with Crippen LogP contribution in [0.2, 0.25) is 0 Å². The summed E-state index contributed by atoms with van der Waals surface area (Å²) in [5, 5.41) is 20.2. The molecule has 0 amide bonds. The Labute approximate surface area is 125 Å². The summed E-state index contributed by atoms with van der Waals surface area (Å²) < 4.78 is 5.81. The summed E-state index contributed by atoms with van der Waals surface area (Å²) in [5.74, 6) is 0.301. The smallest absolute Gasteiger partial charge is 0.197 e. The SMILES string of the molecule is CC1(C)c2cc(O)ccc2C(=O)c2c1oc1c(O)cncc21. The van der Waals surface area contributed by atoms with Crippen molar-refractivity contribution in [2.24, 2.45) is 0 Å². The fraction of sp³-hybridized carbons (Fsp3) is 0.176. The molecule has 1 aliphatic rings. The summed E-state index contributed by atoms with van der Waals surface area (Å²) in [6.07, 6.45) is 2.81. The fourth-order valence-corrected chi connectivity index (χ4v) is 3.17. The summed E-state index contributed by atoms with van der Waals surface area (Å²) in [5.41, 5.74) is 1.32. The monoisotopic (exact) mass is 295 g/mol. The maximum absolute atomic E-state index is 12.8. The van der Waals surface area contributed by atoms with Crippen LogP contribution in [0.1, 0.15) is 41.1 Å². The highest BCUT2D eigenvalue weighted by Gasteiger charge is 2.42. The molecule has 0 fully saturated rings. The van der Waals surface area contributed by atoms with E-state index in [1.54, 1.807) is 12.1 Å². The third kappa shape index (κ3) is 1.43. The summed E-state index contributed by atoms with van der Waals surface area (Å²) >= 11 is 0. The molecule has 110 valence electrons. The van der Waals surface area contributed by atoms with Crippen molar-refractivity contribution in [2.75, 3.05) is 0 Å². The van der Waals surface area contributed by atoms with Gasteiger partial charge in [0.05, 0.1) is 17.1 Å². The number of phenols is 1. The number of nitrogens with zero attached hydrogens (tertiary/aromatic N) is 1. The van der Waals surface area contributed by atoms with Gasteiger partial charge in [0, 0.05) is 17.2 Å². The zero-order valence-electron chi connectivity index (χ0n) is 12.0. The van der Waals surface area contributed by atoms with Crippen LogP contribution in [-0.4, -0.2) is 21.0 Å². The molecule has 0 aliphatic heterocycles. The van der Waals surface area contributed by atoms with Crippen molar-refractivity contribution in [1.82, 2.24) is 4.98 Å². The van der Waals surface area contributed by atoms with Gasteiger partial charge in [0.1, 0.15) is 11.5 Å². The van der Waals surface area contributed by atoms with Gasteiger partial charge < -0.3 is 14.6 Å². The van der Waals surface area contributed by atoms with Crippen LogP contribution >= 0.6 is 0 Å². The molecule has 5 nitrogen and oxygen atoms in total. The minimum Gasteiger partial charge on any atom is -0.508 e. The zero-order chi connectivity index (χ0) is 15.6. The number of hydrogen-bond donors (Lipinski definition) is 2. The molecule has 1 aliphatic carbocycles. The summed E-state index contributed by atoms with van der Waals surface area (Å²) in [6.45, 7) is 3.84. The maximum atomic E-state index is 12.8. The Morgan fingerprint density at radius 1 is 1.18 bits per heavy atom. The number of fused-ring (bicyclic) bond motifs is 4. The van der Waals surface area contributed by atoms with E-state index < -0.39 is 5.41 Å². The average Bonchev–Trinajstić information content (AvgIpc) is 2.87. The number of pyridine rings is 1. The molecular weight excluding hydrogens is 282 g/mol. The van der Waals surface area contributed by atoms with E-state index >= 15 is 0 Å². The van der Waals surface area contributed by atoms with Crippen molar-refractivity contribution in [3.63, 3.8) is 0 Å². The molecule has 0 radical (unpaired) electrons. The van der Waals surface area contributed by atoms with Gasteiger partial charge in [-0.2, -0.15) is 0 Å². The largest absolute Gasteiger partial charge is 0.508 e. The average molecular weight is 295 g/mol. The molecule has 22 heavy (non-hydrogen) atoms. The predicted molar refractivity (Wildman–Crippen MR) is 79.3 cm³/mol. The van der Waals surface area contributed by atoms with Crippen molar-refractivity contribution in [1.29, 1.82) is 0 Å². The van der Waals surface area contributed by atoms with Gasteiger partial charge in [-0.1, -0.05) is 0 Å². The van der Waals surface area contributed by atoms with Gasteiger partial charge in [-0.15, -0.1) is 0 Å². The molecule has 0 bridgehead atoms. The Balaban J connectivity index is 2.15. The van der Waals surface area contributed by atoms with Gasteiger partial charge in [-0.3, -0.25) is 9.78 Å². The number of aromatic nitrogens is 1. The van der Waals surface area contributed by atoms with E-state index in [-0.39, 0.29) is 22.9 Å². The maximum Gasteiger partial charge on any atom is 0.197 e. The van der Waals surface area contributed by atoms with Gasteiger partial charge in [0.2, 0.25) is 0 Å². The van der Waals surface area contributed by atoms with E-state index in [0.29, 0.717) is 27.8 Å². The molecule has 4 rings (SSSR count). The van der Waals surface area contributed by atoms with E-state index in [1.165, 1.54) is 18.5 Å². The van der Waals surface area contributed by atoms with Crippen molar-refractivity contribution in [2.45, 2.75) is 19.3 Å². The minimum absolute atomic E-state index is 0.0950. The lowest BCUT2D eigenvalue weighted by molar-refractivity contribution is 0.102. The number of aromatic hydroxyl groups is 2. The first-order valence-corrected chi connectivity index (χ1v) is 6.89. The molecule has 2 N–H and O–H groups in total. The third-order valence-corrected chi connectivity index (χ3v) is 4.29. The number of carbonyl (C=O) groups excluding carboxylic acids is 1. The number of benzene rings is 1. The lowest BCUT2D eigenvalue weighted by Crippen LogP contribution is -2.29. The quantitative estimate of drug-likeness (QED) is 0.665. The number of rotatable bonds is 0. The molecule has 3 aromatic rings. The first-order valence-electron chi connectivity index (χ1n) is 6.89. The number of phenolic OH excluding ortho intramolecular Hbond substituents is 1. The van der Waals surface area contributed by atoms with Gasteiger partial charge in [-0.25, -0.2) is 0 Å². The molecule has 1 aromatic carbocycles.